The van der Waals surface area contributed by atoms with Gasteiger partial charge in [-0.1, -0.05) is 11.1 Å². The van der Waals surface area contributed by atoms with Gasteiger partial charge in [0.2, 0.25) is 0 Å². The lowest BCUT2D eigenvalue weighted by atomic mass is 10.3. The summed E-state index contributed by atoms with van der Waals surface area (Å²) in [5, 5.41) is 19.9. The van der Waals surface area contributed by atoms with Crippen LogP contribution in [0.15, 0.2) is 28.0 Å². The lowest BCUT2D eigenvalue weighted by Gasteiger charge is -2.10. The Kier molecular flexibility index (Phi) is 5.14. The molecule has 17 heavy (non-hydrogen) atoms. The van der Waals surface area contributed by atoms with Gasteiger partial charge in [-0.15, -0.1) is 4.33 Å². The van der Waals surface area contributed by atoms with Gasteiger partial charge in [-0.3, -0.25) is 4.55 Å². The van der Waals surface area contributed by atoms with Crippen molar-refractivity contribution in [3.8, 4) is 5.75 Å². The number of rotatable bonds is 6. The van der Waals surface area contributed by atoms with E-state index in [9.17, 15) is 8.42 Å². The molecule has 8 nitrogen and oxygen atoms in total. The largest absolute Gasteiger partial charge is 0.465 e. The van der Waals surface area contributed by atoms with Gasteiger partial charge in [0.05, 0.1) is 16.9 Å². The molecule has 0 aliphatic rings. The summed E-state index contributed by atoms with van der Waals surface area (Å²) in [6, 6.07) is 3.74. The van der Waals surface area contributed by atoms with E-state index in [-0.39, 0.29) is 10.6 Å². The average Bonchev–Trinajstić information content (AvgIpc) is 2.26. The monoisotopic (exact) mass is 284 g/mol. The minimum atomic E-state index is -4.51. The highest BCUT2D eigenvalue weighted by Gasteiger charge is 2.20. The molecular weight excluding hydrogens is 276 g/mol. The standard InChI is InChI=1S/C7H8O8S2/c8-4-13-7-5(16-15-14-9)2-1-3-6(7)17(10,11)12/h1-3,8-9H,4H2,(H,10,11,12). The SMILES string of the molecule is O=S(=O)(O)c1cccc(SOOO)c1OCO. The van der Waals surface area contributed by atoms with Crippen LogP contribution in [-0.2, 0) is 19.5 Å². The Labute approximate surface area is 101 Å². The van der Waals surface area contributed by atoms with E-state index in [4.69, 9.17) is 14.9 Å². The molecule has 10 heteroatoms. The van der Waals surface area contributed by atoms with Gasteiger partial charge in [-0.05, 0) is 12.1 Å². The molecule has 0 radical (unpaired) electrons. The number of ether oxygens (including phenoxy) is 1. The maximum Gasteiger partial charge on any atom is 0.298 e. The van der Waals surface area contributed by atoms with Crippen LogP contribution in [0.2, 0.25) is 0 Å². The van der Waals surface area contributed by atoms with Crippen LogP contribution >= 0.6 is 12.0 Å². The van der Waals surface area contributed by atoms with Crippen molar-refractivity contribution in [2.24, 2.45) is 0 Å². The molecular formula is C7H8O8S2. The van der Waals surface area contributed by atoms with E-state index >= 15 is 0 Å². The van der Waals surface area contributed by atoms with Crippen molar-refractivity contribution in [1.82, 2.24) is 0 Å². The topological polar surface area (TPSA) is 123 Å². The zero-order valence-electron chi connectivity index (χ0n) is 8.14. The van der Waals surface area contributed by atoms with Crippen molar-refractivity contribution < 1.29 is 37.4 Å². The quantitative estimate of drug-likeness (QED) is 0.227. The van der Waals surface area contributed by atoms with Gasteiger partial charge in [0.25, 0.3) is 10.1 Å². The Morgan fingerprint density at radius 2 is 2.06 bits per heavy atom. The third kappa shape index (κ3) is 3.81. The highest BCUT2D eigenvalue weighted by Crippen LogP contribution is 2.35. The Balaban J connectivity index is 3.22. The summed E-state index contributed by atoms with van der Waals surface area (Å²) in [4.78, 5) is -0.471. The molecule has 1 aromatic rings. The van der Waals surface area contributed by atoms with Crippen LogP contribution in [0.4, 0.5) is 0 Å². The third-order valence-electron chi connectivity index (χ3n) is 1.58. The van der Waals surface area contributed by atoms with Gasteiger partial charge in [0, 0.05) is 0 Å². The zero-order chi connectivity index (χ0) is 12.9. The van der Waals surface area contributed by atoms with E-state index in [1.54, 1.807) is 0 Å². The zero-order valence-corrected chi connectivity index (χ0v) is 9.77. The molecule has 0 heterocycles. The van der Waals surface area contributed by atoms with E-state index in [2.05, 4.69) is 14.1 Å². The molecule has 0 spiro atoms. The van der Waals surface area contributed by atoms with E-state index < -0.39 is 21.8 Å². The first-order valence-corrected chi connectivity index (χ1v) is 6.17. The summed E-state index contributed by atoms with van der Waals surface area (Å²) in [7, 11) is -4.51. The van der Waals surface area contributed by atoms with Crippen LogP contribution in [0, 0.1) is 0 Å². The van der Waals surface area contributed by atoms with Crippen molar-refractivity contribution in [2.45, 2.75) is 9.79 Å². The first-order chi connectivity index (χ1) is 8.00. The number of benzene rings is 1. The molecule has 0 saturated carbocycles. The highest BCUT2D eigenvalue weighted by molar-refractivity contribution is 7.94. The first kappa shape index (κ1) is 14.2. The summed E-state index contributed by atoms with van der Waals surface area (Å²) >= 11 is 0.433. The molecule has 0 aromatic heterocycles. The smallest absolute Gasteiger partial charge is 0.298 e. The first-order valence-electron chi connectivity index (χ1n) is 3.99. The summed E-state index contributed by atoms with van der Waals surface area (Å²) in [5.41, 5.74) is 0. The Morgan fingerprint density at radius 3 is 2.59 bits per heavy atom. The lowest BCUT2D eigenvalue weighted by molar-refractivity contribution is -0.432. The van der Waals surface area contributed by atoms with E-state index in [0.29, 0.717) is 12.0 Å². The average molecular weight is 284 g/mol. The summed E-state index contributed by atoms with van der Waals surface area (Å²) in [6.45, 7) is -0.805. The Morgan fingerprint density at radius 1 is 1.35 bits per heavy atom. The van der Waals surface area contributed by atoms with Gasteiger partial charge in [0.15, 0.2) is 12.5 Å². The molecule has 0 saturated heterocycles. The summed E-state index contributed by atoms with van der Waals surface area (Å²) < 4.78 is 39.7. The Bertz CT molecular complexity index is 471. The fourth-order valence-corrected chi connectivity index (χ4v) is 2.22. The second kappa shape index (κ2) is 6.16. The molecule has 0 unspecified atom stereocenters. The van der Waals surface area contributed by atoms with Crippen molar-refractivity contribution in [2.75, 3.05) is 6.79 Å². The summed E-state index contributed by atoms with van der Waals surface area (Å²) in [6.07, 6.45) is 0. The second-order valence-electron chi connectivity index (χ2n) is 2.56. The fraction of sp³-hybridized carbons (Fsp3) is 0.143. The van der Waals surface area contributed by atoms with Crippen LogP contribution in [0.25, 0.3) is 0 Å². The minimum Gasteiger partial charge on any atom is -0.465 e. The maximum absolute atomic E-state index is 11.0. The van der Waals surface area contributed by atoms with E-state index in [0.717, 1.165) is 6.07 Å². The molecule has 0 fully saturated rings. The predicted molar refractivity (Wildman–Crippen MR) is 54.6 cm³/mol. The predicted octanol–water partition coefficient (Wildman–Crippen LogP) is 0.690. The Hall–Kier alpha value is -0.880. The van der Waals surface area contributed by atoms with E-state index in [1.165, 1.54) is 12.1 Å². The minimum absolute atomic E-state index is 0.0724. The summed E-state index contributed by atoms with van der Waals surface area (Å²) in [5.74, 6) is -0.320. The van der Waals surface area contributed by atoms with Crippen LogP contribution in [0.5, 0.6) is 5.75 Å². The molecule has 0 amide bonds. The third-order valence-corrected chi connectivity index (χ3v) is 3.09. The number of para-hydroxylation sites is 1. The molecule has 0 aliphatic carbocycles. The van der Waals surface area contributed by atoms with Gasteiger partial charge in [-0.2, -0.15) is 8.42 Å². The number of hydrogen-bond donors (Lipinski definition) is 3. The van der Waals surface area contributed by atoms with Gasteiger partial charge < -0.3 is 9.84 Å². The van der Waals surface area contributed by atoms with Crippen LogP contribution in [0.3, 0.4) is 0 Å². The van der Waals surface area contributed by atoms with Gasteiger partial charge in [-0.25, -0.2) is 5.26 Å². The molecule has 96 valence electrons. The fourth-order valence-electron chi connectivity index (χ4n) is 1.02. The highest BCUT2D eigenvalue weighted by atomic mass is 32.2. The van der Waals surface area contributed by atoms with E-state index in [1.807, 2.05) is 0 Å². The number of aliphatic hydroxyl groups excluding tert-OH is 1. The van der Waals surface area contributed by atoms with Crippen LogP contribution < -0.4 is 4.74 Å². The molecule has 3 N–H and O–H groups in total. The van der Waals surface area contributed by atoms with Gasteiger partial charge >= 0.3 is 0 Å². The second-order valence-corrected chi connectivity index (χ2v) is 4.69. The normalized spacial score (nSPS) is 11.5. The maximum atomic E-state index is 11.0. The molecule has 1 rings (SSSR count). The van der Waals surface area contributed by atoms with Crippen molar-refractivity contribution in [3.05, 3.63) is 18.2 Å². The molecule has 0 aliphatic heterocycles. The molecule has 1 aromatic carbocycles. The van der Waals surface area contributed by atoms with Crippen LogP contribution in [-0.4, -0.2) is 30.1 Å². The van der Waals surface area contributed by atoms with Crippen molar-refractivity contribution in [3.63, 3.8) is 0 Å². The van der Waals surface area contributed by atoms with Gasteiger partial charge in [0.1, 0.15) is 4.90 Å². The molecule has 0 bridgehead atoms. The molecule has 0 atom stereocenters. The van der Waals surface area contributed by atoms with Crippen molar-refractivity contribution in [1.29, 1.82) is 0 Å². The number of hydrogen-bond acceptors (Lipinski definition) is 8. The van der Waals surface area contributed by atoms with Crippen LogP contribution in [0.1, 0.15) is 0 Å². The van der Waals surface area contributed by atoms with Crippen molar-refractivity contribution >= 4 is 22.2 Å². The lowest BCUT2D eigenvalue weighted by Crippen LogP contribution is -2.05. The number of aliphatic hydroxyl groups is 1.